The fraction of sp³-hybridized carbons (Fsp3) is 0.286. The van der Waals surface area contributed by atoms with E-state index in [-0.39, 0.29) is 18.0 Å². The molecule has 0 N–H and O–H groups in total. The molecule has 0 saturated carbocycles. The Bertz CT molecular complexity index is 734. The van der Waals surface area contributed by atoms with Crippen molar-refractivity contribution < 1.29 is 4.74 Å². The Kier molecular flexibility index (Phi) is 4.44. The second-order valence-electron chi connectivity index (χ2n) is 4.31. The molecule has 0 aliphatic heterocycles. The highest BCUT2D eigenvalue weighted by molar-refractivity contribution is 9.10. The number of nitrogens with zero attached hydrogens (tertiary/aromatic N) is 2. The van der Waals surface area contributed by atoms with E-state index >= 15 is 0 Å². The third kappa shape index (κ3) is 2.85. The lowest BCUT2D eigenvalue weighted by molar-refractivity contribution is 0.293. The van der Waals surface area contributed by atoms with E-state index in [4.69, 9.17) is 4.74 Å². The number of aryl methyl sites for hydroxylation is 1. The number of rotatable bonds is 4. The summed E-state index contributed by atoms with van der Waals surface area (Å²) in [6.45, 7) is 2.58. The highest BCUT2D eigenvalue weighted by Gasteiger charge is 2.09. The number of aromatic nitrogens is 2. The predicted molar refractivity (Wildman–Crippen MR) is 80.1 cm³/mol. The van der Waals surface area contributed by atoms with Gasteiger partial charge in [0.2, 0.25) is 5.75 Å². The average Bonchev–Trinajstić information content (AvgIpc) is 2.46. The molecule has 0 aliphatic rings. The summed E-state index contributed by atoms with van der Waals surface area (Å²) in [6.07, 6.45) is 1.46. The SMILES string of the molecule is CCn1cc(OCc2ccccc2Br)c(=O)n(C)c1=O. The van der Waals surface area contributed by atoms with Crippen molar-refractivity contribution in [3.05, 3.63) is 61.3 Å². The van der Waals surface area contributed by atoms with Crippen molar-refractivity contribution in [3.8, 4) is 5.75 Å². The van der Waals surface area contributed by atoms with Gasteiger partial charge in [-0.15, -0.1) is 0 Å². The van der Waals surface area contributed by atoms with Crippen LogP contribution < -0.4 is 16.0 Å². The zero-order valence-electron chi connectivity index (χ0n) is 11.3. The van der Waals surface area contributed by atoms with Crippen molar-refractivity contribution in [1.29, 1.82) is 0 Å². The summed E-state index contributed by atoms with van der Waals surface area (Å²) in [5.41, 5.74) is 0.168. The first kappa shape index (κ1) is 14.6. The molecule has 0 atom stereocenters. The van der Waals surface area contributed by atoms with Crippen molar-refractivity contribution in [3.63, 3.8) is 0 Å². The van der Waals surface area contributed by atoms with Crippen LogP contribution in [0.2, 0.25) is 0 Å². The molecule has 106 valence electrons. The second kappa shape index (κ2) is 6.09. The van der Waals surface area contributed by atoms with Crippen LogP contribution in [0, 0.1) is 0 Å². The number of halogens is 1. The van der Waals surface area contributed by atoms with Crippen LogP contribution in [0.3, 0.4) is 0 Å². The number of hydrogen-bond acceptors (Lipinski definition) is 3. The van der Waals surface area contributed by atoms with Gasteiger partial charge in [-0.25, -0.2) is 4.79 Å². The average molecular weight is 339 g/mol. The lowest BCUT2D eigenvalue weighted by Gasteiger charge is -2.11. The van der Waals surface area contributed by atoms with Gasteiger partial charge in [0, 0.05) is 23.6 Å². The molecule has 20 heavy (non-hydrogen) atoms. The summed E-state index contributed by atoms with van der Waals surface area (Å²) >= 11 is 3.42. The van der Waals surface area contributed by atoms with Crippen LogP contribution >= 0.6 is 15.9 Å². The monoisotopic (exact) mass is 338 g/mol. The van der Waals surface area contributed by atoms with Crippen molar-refractivity contribution in [2.45, 2.75) is 20.1 Å². The summed E-state index contributed by atoms with van der Waals surface area (Å²) in [7, 11) is 1.45. The Morgan fingerprint density at radius 3 is 2.60 bits per heavy atom. The highest BCUT2D eigenvalue weighted by Crippen LogP contribution is 2.17. The maximum Gasteiger partial charge on any atom is 0.330 e. The summed E-state index contributed by atoms with van der Waals surface area (Å²) in [6, 6.07) is 7.62. The van der Waals surface area contributed by atoms with Crippen LogP contribution in [0.4, 0.5) is 0 Å². The maximum atomic E-state index is 12.0. The molecule has 0 saturated heterocycles. The molecule has 2 aromatic rings. The quantitative estimate of drug-likeness (QED) is 0.855. The van der Waals surface area contributed by atoms with E-state index in [1.807, 2.05) is 31.2 Å². The molecule has 0 radical (unpaired) electrons. The lowest BCUT2D eigenvalue weighted by atomic mass is 10.2. The van der Waals surface area contributed by atoms with Gasteiger partial charge in [-0.2, -0.15) is 0 Å². The fourth-order valence-corrected chi connectivity index (χ4v) is 2.19. The minimum atomic E-state index is -0.424. The molecule has 1 heterocycles. The van der Waals surface area contributed by atoms with E-state index < -0.39 is 5.56 Å². The van der Waals surface area contributed by atoms with E-state index in [0.717, 1.165) is 14.6 Å². The summed E-state index contributed by atoms with van der Waals surface area (Å²) in [5.74, 6) is 0.171. The van der Waals surface area contributed by atoms with Crippen LogP contribution in [0.15, 0.2) is 44.5 Å². The van der Waals surface area contributed by atoms with Crippen LogP contribution in [0.5, 0.6) is 5.75 Å². The number of hydrogen-bond donors (Lipinski definition) is 0. The smallest absolute Gasteiger partial charge is 0.330 e. The third-order valence-corrected chi connectivity index (χ3v) is 3.78. The van der Waals surface area contributed by atoms with Crippen molar-refractivity contribution >= 4 is 15.9 Å². The van der Waals surface area contributed by atoms with Crippen molar-refractivity contribution in [2.75, 3.05) is 0 Å². The van der Waals surface area contributed by atoms with Crippen molar-refractivity contribution in [1.82, 2.24) is 9.13 Å². The summed E-state index contributed by atoms with van der Waals surface area (Å²) < 4.78 is 8.97. The van der Waals surface area contributed by atoms with Gasteiger partial charge in [0.25, 0.3) is 5.56 Å². The largest absolute Gasteiger partial charge is 0.482 e. The Labute approximate surface area is 124 Å². The molecule has 0 spiro atoms. The molecular weight excluding hydrogens is 324 g/mol. The molecule has 0 amide bonds. The van der Waals surface area contributed by atoms with E-state index in [1.165, 1.54) is 17.8 Å². The van der Waals surface area contributed by atoms with Crippen LogP contribution in [0.25, 0.3) is 0 Å². The molecule has 6 heteroatoms. The molecule has 1 aromatic heterocycles. The first-order valence-electron chi connectivity index (χ1n) is 6.21. The Balaban J connectivity index is 2.31. The van der Waals surface area contributed by atoms with Crippen LogP contribution in [-0.2, 0) is 20.2 Å². The van der Waals surface area contributed by atoms with Gasteiger partial charge in [-0.05, 0) is 13.0 Å². The zero-order chi connectivity index (χ0) is 14.7. The number of ether oxygens (including phenoxy) is 1. The van der Waals surface area contributed by atoms with E-state index in [0.29, 0.717) is 6.54 Å². The molecule has 2 rings (SSSR count). The lowest BCUT2D eigenvalue weighted by Crippen LogP contribution is -2.37. The normalized spacial score (nSPS) is 10.6. The van der Waals surface area contributed by atoms with Gasteiger partial charge in [-0.3, -0.25) is 13.9 Å². The molecule has 5 nitrogen and oxygen atoms in total. The van der Waals surface area contributed by atoms with Gasteiger partial charge in [0.15, 0.2) is 0 Å². The second-order valence-corrected chi connectivity index (χ2v) is 5.16. The summed E-state index contributed by atoms with van der Waals surface area (Å²) in [4.78, 5) is 23.7. The molecule has 0 fully saturated rings. The van der Waals surface area contributed by atoms with Crippen molar-refractivity contribution in [2.24, 2.45) is 7.05 Å². The summed E-state index contributed by atoms with van der Waals surface area (Å²) in [5, 5.41) is 0. The predicted octanol–water partition coefficient (Wildman–Crippen LogP) is 1.91. The Hall–Kier alpha value is -1.82. The van der Waals surface area contributed by atoms with E-state index in [1.54, 1.807) is 0 Å². The first-order valence-corrected chi connectivity index (χ1v) is 7.00. The van der Waals surface area contributed by atoms with E-state index in [2.05, 4.69) is 15.9 Å². The van der Waals surface area contributed by atoms with Gasteiger partial charge in [0.1, 0.15) is 6.61 Å². The van der Waals surface area contributed by atoms with Gasteiger partial charge < -0.3 is 4.74 Å². The standard InChI is InChI=1S/C14H15BrN2O3/c1-3-17-8-12(13(18)16(2)14(17)19)20-9-10-6-4-5-7-11(10)15/h4-8H,3,9H2,1-2H3. The molecule has 0 unspecified atom stereocenters. The number of benzene rings is 1. The third-order valence-electron chi connectivity index (χ3n) is 3.00. The minimum absolute atomic E-state index is 0.171. The Morgan fingerprint density at radius 1 is 1.25 bits per heavy atom. The molecular formula is C14H15BrN2O3. The van der Waals surface area contributed by atoms with Gasteiger partial charge in [-0.1, -0.05) is 34.1 Å². The maximum absolute atomic E-state index is 12.0. The van der Waals surface area contributed by atoms with Gasteiger partial charge in [0.05, 0.1) is 6.20 Å². The molecule has 1 aromatic carbocycles. The molecule has 0 aliphatic carbocycles. The first-order chi connectivity index (χ1) is 9.54. The van der Waals surface area contributed by atoms with Gasteiger partial charge >= 0.3 is 5.69 Å². The van der Waals surface area contributed by atoms with Crippen LogP contribution in [0.1, 0.15) is 12.5 Å². The highest BCUT2D eigenvalue weighted by atomic mass is 79.9. The molecule has 0 bridgehead atoms. The fourth-order valence-electron chi connectivity index (χ4n) is 1.79. The van der Waals surface area contributed by atoms with Crippen LogP contribution in [-0.4, -0.2) is 9.13 Å². The Morgan fingerprint density at radius 2 is 1.95 bits per heavy atom. The topological polar surface area (TPSA) is 53.2 Å². The zero-order valence-corrected chi connectivity index (χ0v) is 12.9. The van der Waals surface area contributed by atoms with E-state index in [9.17, 15) is 9.59 Å². The minimum Gasteiger partial charge on any atom is -0.482 e.